The number of hydrogen-bond acceptors (Lipinski definition) is 7. The highest BCUT2D eigenvalue weighted by atomic mass is 32.1. The minimum absolute atomic E-state index is 0.161. The number of esters is 1. The molecular weight excluding hydrogens is 414 g/mol. The largest absolute Gasteiger partial charge is 0.479 e. The third kappa shape index (κ3) is 4.59. The fraction of sp³-hybridized carbons (Fsp3) is 0.304. The number of rotatable bonds is 6. The van der Waals surface area contributed by atoms with Crippen LogP contribution in [-0.4, -0.2) is 41.1 Å². The lowest BCUT2D eigenvalue weighted by Crippen LogP contribution is -2.47. The molecule has 0 spiro atoms. The van der Waals surface area contributed by atoms with Gasteiger partial charge in [-0.25, -0.2) is 4.98 Å². The molecule has 160 valence electrons. The first-order valence-electron chi connectivity index (χ1n) is 10.1. The van der Waals surface area contributed by atoms with E-state index in [1.54, 1.807) is 19.2 Å². The van der Waals surface area contributed by atoms with Crippen LogP contribution in [0, 0.1) is 5.92 Å². The van der Waals surface area contributed by atoms with Crippen molar-refractivity contribution >= 4 is 28.9 Å². The Morgan fingerprint density at radius 1 is 1.26 bits per heavy atom. The van der Waals surface area contributed by atoms with Gasteiger partial charge in [-0.3, -0.25) is 19.5 Å². The minimum Gasteiger partial charge on any atom is -0.479 e. The van der Waals surface area contributed by atoms with Crippen molar-refractivity contribution in [1.29, 1.82) is 0 Å². The second kappa shape index (κ2) is 8.85. The second-order valence-electron chi connectivity index (χ2n) is 7.70. The van der Waals surface area contributed by atoms with Gasteiger partial charge in [0.05, 0.1) is 23.7 Å². The molecule has 1 unspecified atom stereocenters. The number of ether oxygens (including phenoxy) is 2. The maximum atomic E-state index is 12.8. The van der Waals surface area contributed by atoms with Gasteiger partial charge in [-0.05, 0) is 43.2 Å². The Morgan fingerprint density at radius 2 is 2.10 bits per heavy atom. The monoisotopic (exact) mass is 437 g/mol. The van der Waals surface area contributed by atoms with Crippen molar-refractivity contribution in [2.75, 3.05) is 18.1 Å². The van der Waals surface area contributed by atoms with Gasteiger partial charge in [-0.15, -0.1) is 11.3 Å². The number of thiazole rings is 1. The molecule has 4 rings (SSSR count). The van der Waals surface area contributed by atoms with Gasteiger partial charge in [0.1, 0.15) is 17.3 Å². The van der Waals surface area contributed by atoms with E-state index < -0.39 is 12.1 Å². The van der Waals surface area contributed by atoms with Crippen LogP contribution in [-0.2, 0) is 14.3 Å². The van der Waals surface area contributed by atoms with Crippen molar-refractivity contribution in [1.82, 2.24) is 9.97 Å². The van der Waals surface area contributed by atoms with Crippen LogP contribution in [0.4, 0.5) is 5.69 Å². The summed E-state index contributed by atoms with van der Waals surface area (Å²) >= 11 is 1.50. The lowest BCUT2D eigenvalue weighted by Gasteiger charge is -2.32. The van der Waals surface area contributed by atoms with Crippen molar-refractivity contribution in [3.8, 4) is 27.7 Å². The highest BCUT2D eigenvalue weighted by Crippen LogP contribution is 2.38. The summed E-state index contributed by atoms with van der Waals surface area (Å²) in [7, 11) is 0. The Kier molecular flexibility index (Phi) is 5.99. The molecule has 0 aliphatic carbocycles. The van der Waals surface area contributed by atoms with Crippen molar-refractivity contribution < 1.29 is 19.1 Å². The van der Waals surface area contributed by atoms with Gasteiger partial charge in [0, 0.05) is 17.1 Å². The number of aromatic nitrogens is 2. The molecule has 3 aromatic rings. The first kappa shape index (κ1) is 21.0. The highest BCUT2D eigenvalue weighted by Gasteiger charge is 2.33. The minimum atomic E-state index is -0.675. The van der Waals surface area contributed by atoms with E-state index in [0.717, 1.165) is 22.0 Å². The first-order chi connectivity index (χ1) is 14.9. The molecule has 0 radical (unpaired) electrons. The smallest absolute Gasteiger partial charge is 0.326 e. The molecule has 31 heavy (non-hydrogen) atoms. The highest BCUT2D eigenvalue weighted by molar-refractivity contribution is 7.13. The van der Waals surface area contributed by atoms with Gasteiger partial charge in [-0.2, -0.15) is 0 Å². The summed E-state index contributed by atoms with van der Waals surface area (Å²) in [4.78, 5) is 35.6. The number of carbonyl (C=O) groups excluding carboxylic acids is 2. The van der Waals surface area contributed by atoms with Crippen molar-refractivity contribution in [3.63, 3.8) is 0 Å². The molecule has 0 N–H and O–H groups in total. The van der Waals surface area contributed by atoms with Gasteiger partial charge >= 0.3 is 5.97 Å². The Morgan fingerprint density at radius 3 is 2.84 bits per heavy atom. The van der Waals surface area contributed by atoms with Crippen LogP contribution in [0.3, 0.4) is 0 Å². The van der Waals surface area contributed by atoms with Gasteiger partial charge < -0.3 is 9.47 Å². The Hall–Kier alpha value is -3.26. The number of anilines is 1. The first-order valence-corrected chi connectivity index (χ1v) is 11.0. The molecule has 0 saturated carbocycles. The number of pyridine rings is 1. The average Bonchev–Trinajstić information content (AvgIpc) is 3.26. The predicted octanol–water partition coefficient (Wildman–Crippen LogP) is 4.19. The molecule has 8 heteroatoms. The molecule has 3 heterocycles. The van der Waals surface area contributed by atoms with Crippen LogP contribution in [0.2, 0.25) is 0 Å². The van der Waals surface area contributed by atoms with Gasteiger partial charge in [-0.1, -0.05) is 19.9 Å². The van der Waals surface area contributed by atoms with E-state index in [-0.39, 0.29) is 18.4 Å². The van der Waals surface area contributed by atoms with Crippen LogP contribution in [0.5, 0.6) is 5.75 Å². The van der Waals surface area contributed by atoms with E-state index in [4.69, 9.17) is 9.47 Å². The molecule has 0 saturated heterocycles. The van der Waals surface area contributed by atoms with E-state index >= 15 is 0 Å². The maximum Gasteiger partial charge on any atom is 0.326 e. The summed E-state index contributed by atoms with van der Waals surface area (Å²) in [6.45, 7) is 5.75. The number of nitrogens with zero attached hydrogens (tertiary/aromatic N) is 3. The molecule has 7 nitrogen and oxygen atoms in total. The number of carbonyl (C=O) groups is 2. The fourth-order valence-corrected chi connectivity index (χ4v) is 3.98. The summed E-state index contributed by atoms with van der Waals surface area (Å²) < 4.78 is 11.0. The summed E-state index contributed by atoms with van der Waals surface area (Å²) in [6.07, 6.45) is 1.06. The zero-order chi connectivity index (χ0) is 22.0. The number of fused-ring (bicyclic) bond motifs is 1. The van der Waals surface area contributed by atoms with Crippen molar-refractivity contribution in [3.05, 3.63) is 48.0 Å². The molecule has 1 aliphatic heterocycles. The van der Waals surface area contributed by atoms with Crippen LogP contribution in [0.25, 0.3) is 22.0 Å². The Labute approximate surface area is 184 Å². The van der Waals surface area contributed by atoms with E-state index in [0.29, 0.717) is 18.0 Å². The molecule has 2 aromatic heterocycles. The number of hydrogen-bond donors (Lipinski definition) is 0. The number of amides is 1. The SMILES string of the molecule is CC(C)COC(=O)CN1C(=O)C(C)Oc2ccc(-c3csc(-c4ccccn4)n3)cc21. The molecule has 0 fully saturated rings. The van der Waals surface area contributed by atoms with Crippen LogP contribution >= 0.6 is 11.3 Å². The Bertz CT molecular complexity index is 1100. The molecular formula is C23H23N3O4S. The number of benzene rings is 1. The van der Waals surface area contributed by atoms with E-state index in [1.807, 2.05) is 49.6 Å². The van der Waals surface area contributed by atoms with Crippen molar-refractivity contribution in [2.24, 2.45) is 5.92 Å². The predicted molar refractivity (Wildman–Crippen MR) is 119 cm³/mol. The van der Waals surface area contributed by atoms with Crippen LogP contribution in [0.15, 0.2) is 48.0 Å². The Balaban J connectivity index is 1.63. The van der Waals surface area contributed by atoms with Gasteiger partial charge in [0.15, 0.2) is 6.10 Å². The summed E-state index contributed by atoms with van der Waals surface area (Å²) in [5, 5.41) is 2.75. The normalized spacial score (nSPS) is 15.5. The lowest BCUT2D eigenvalue weighted by atomic mass is 10.1. The fourth-order valence-electron chi connectivity index (χ4n) is 3.18. The standard InChI is InChI=1S/C23H23N3O4S/c1-14(2)12-29-21(27)11-26-19-10-16(7-8-20(19)30-15(3)23(26)28)18-13-31-22(25-18)17-6-4-5-9-24-17/h4-10,13-15H,11-12H2,1-3H3. The van der Waals surface area contributed by atoms with E-state index in [9.17, 15) is 9.59 Å². The molecule has 1 amide bonds. The van der Waals surface area contributed by atoms with E-state index in [1.165, 1.54) is 16.2 Å². The van der Waals surface area contributed by atoms with Crippen molar-refractivity contribution in [2.45, 2.75) is 26.9 Å². The van der Waals surface area contributed by atoms with Crippen LogP contribution in [0.1, 0.15) is 20.8 Å². The summed E-state index contributed by atoms with van der Waals surface area (Å²) in [5.41, 5.74) is 2.93. The van der Waals surface area contributed by atoms with Gasteiger partial charge in [0.25, 0.3) is 5.91 Å². The summed E-state index contributed by atoms with van der Waals surface area (Å²) in [6, 6.07) is 11.2. The molecule has 0 bridgehead atoms. The zero-order valence-electron chi connectivity index (χ0n) is 17.6. The van der Waals surface area contributed by atoms with Crippen LogP contribution < -0.4 is 9.64 Å². The topological polar surface area (TPSA) is 81.6 Å². The quantitative estimate of drug-likeness (QED) is 0.538. The van der Waals surface area contributed by atoms with E-state index in [2.05, 4.69) is 9.97 Å². The molecule has 1 atom stereocenters. The molecule has 1 aliphatic rings. The lowest BCUT2D eigenvalue weighted by molar-refractivity contribution is -0.144. The second-order valence-corrected chi connectivity index (χ2v) is 8.55. The third-order valence-electron chi connectivity index (χ3n) is 4.72. The average molecular weight is 438 g/mol. The maximum absolute atomic E-state index is 12.8. The summed E-state index contributed by atoms with van der Waals surface area (Å²) in [5.74, 6) is 0.0463. The van der Waals surface area contributed by atoms with Gasteiger partial charge in [0.2, 0.25) is 0 Å². The third-order valence-corrected chi connectivity index (χ3v) is 5.58. The zero-order valence-corrected chi connectivity index (χ0v) is 18.4. The molecule has 1 aromatic carbocycles.